The van der Waals surface area contributed by atoms with Gasteiger partial charge in [0.1, 0.15) is 12.1 Å². The van der Waals surface area contributed by atoms with Crippen molar-refractivity contribution in [1.29, 1.82) is 0 Å². The number of nitrogens with zero attached hydrogens (tertiary/aromatic N) is 2. The lowest BCUT2D eigenvalue weighted by Gasteiger charge is -2.24. The molecule has 17 heavy (non-hydrogen) atoms. The summed E-state index contributed by atoms with van der Waals surface area (Å²) in [6.07, 6.45) is 4.73. The third-order valence-corrected chi connectivity index (χ3v) is 2.94. The van der Waals surface area contributed by atoms with Crippen molar-refractivity contribution in [2.75, 3.05) is 17.7 Å². The van der Waals surface area contributed by atoms with E-state index in [2.05, 4.69) is 36.1 Å². The summed E-state index contributed by atoms with van der Waals surface area (Å²) >= 11 is 5.78. The number of nitrogens with one attached hydrogen (secondary N) is 1. The zero-order chi connectivity index (χ0) is 12.7. The predicted molar refractivity (Wildman–Crippen MR) is 73.6 cm³/mol. The second-order valence-corrected chi connectivity index (χ2v) is 5.48. The van der Waals surface area contributed by atoms with Crippen molar-refractivity contribution in [2.45, 2.75) is 40.0 Å². The van der Waals surface area contributed by atoms with E-state index in [0.717, 1.165) is 37.3 Å². The Bertz CT molecular complexity index is 339. The summed E-state index contributed by atoms with van der Waals surface area (Å²) < 4.78 is 0. The monoisotopic (exact) mass is 255 g/mol. The zero-order valence-electron chi connectivity index (χ0n) is 11.0. The first kappa shape index (κ1) is 14.2. The molecule has 0 aliphatic carbocycles. The van der Waals surface area contributed by atoms with Crippen LogP contribution in [0.5, 0.6) is 0 Å². The fourth-order valence-corrected chi connectivity index (χ4v) is 2.07. The quantitative estimate of drug-likeness (QED) is 0.758. The van der Waals surface area contributed by atoms with E-state index in [1.165, 1.54) is 0 Å². The van der Waals surface area contributed by atoms with Crippen molar-refractivity contribution in [1.82, 2.24) is 9.97 Å². The van der Waals surface area contributed by atoms with Crippen LogP contribution in [0.3, 0.4) is 0 Å². The van der Waals surface area contributed by atoms with Crippen molar-refractivity contribution in [3.05, 3.63) is 18.1 Å². The Hall–Kier alpha value is -0.830. The molecule has 4 heteroatoms. The molecule has 0 aliphatic rings. The van der Waals surface area contributed by atoms with Gasteiger partial charge in [0.25, 0.3) is 0 Å². The molecule has 0 aliphatic heterocycles. The van der Waals surface area contributed by atoms with E-state index in [-0.39, 0.29) is 5.41 Å². The maximum atomic E-state index is 5.78. The molecule has 1 aromatic heterocycles. The lowest BCUT2D eigenvalue weighted by molar-refractivity contribution is 0.379. The molecule has 0 amide bonds. The molecule has 3 nitrogen and oxygen atoms in total. The molecule has 0 saturated carbocycles. The van der Waals surface area contributed by atoms with Crippen molar-refractivity contribution in [2.24, 2.45) is 5.41 Å². The Morgan fingerprint density at radius 3 is 2.76 bits per heavy atom. The summed E-state index contributed by atoms with van der Waals surface area (Å²) in [5.74, 6) is 1.60. The topological polar surface area (TPSA) is 37.8 Å². The van der Waals surface area contributed by atoms with Crippen LogP contribution in [0.4, 0.5) is 5.82 Å². The number of anilines is 1. The summed E-state index contributed by atoms with van der Waals surface area (Å²) in [6.45, 7) is 7.44. The highest BCUT2D eigenvalue weighted by atomic mass is 35.5. The molecule has 1 N–H and O–H groups in total. The first-order chi connectivity index (χ1) is 8.07. The largest absolute Gasteiger partial charge is 0.369 e. The molecule has 0 spiro atoms. The number of alkyl halides is 1. The average Bonchev–Trinajstić information content (AvgIpc) is 2.28. The first-order valence-corrected chi connectivity index (χ1v) is 6.71. The fourth-order valence-electron chi connectivity index (χ4n) is 1.56. The minimum absolute atomic E-state index is 0.192. The predicted octanol–water partition coefficient (Wildman–Crippen LogP) is 3.50. The number of aromatic nitrogens is 2. The smallest absolute Gasteiger partial charge is 0.129 e. The number of aryl methyl sites for hydroxylation is 1. The van der Waals surface area contributed by atoms with Gasteiger partial charge >= 0.3 is 0 Å². The van der Waals surface area contributed by atoms with E-state index >= 15 is 0 Å². The van der Waals surface area contributed by atoms with Crippen molar-refractivity contribution >= 4 is 17.4 Å². The van der Waals surface area contributed by atoms with Crippen LogP contribution in [0, 0.1) is 5.41 Å². The van der Waals surface area contributed by atoms with Crippen molar-refractivity contribution in [3.8, 4) is 0 Å². The summed E-state index contributed by atoms with van der Waals surface area (Å²) in [5.41, 5.74) is 1.29. The Morgan fingerprint density at radius 2 is 2.12 bits per heavy atom. The number of rotatable bonds is 7. The van der Waals surface area contributed by atoms with Crippen LogP contribution in [-0.4, -0.2) is 22.4 Å². The molecule has 0 aromatic carbocycles. The van der Waals surface area contributed by atoms with Gasteiger partial charge in [-0.1, -0.05) is 27.2 Å². The minimum Gasteiger partial charge on any atom is -0.369 e. The van der Waals surface area contributed by atoms with Crippen LogP contribution < -0.4 is 5.32 Å². The van der Waals surface area contributed by atoms with Gasteiger partial charge in [-0.25, -0.2) is 9.97 Å². The lowest BCUT2D eigenvalue weighted by Crippen LogP contribution is -2.24. The van der Waals surface area contributed by atoms with Gasteiger partial charge in [0.15, 0.2) is 0 Å². The van der Waals surface area contributed by atoms with Gasteiger partial charge in [-0.3, -0.25) is 0 Å². The van der Waals surface area contributed by atoms with Crippen LogP contribution >= 0.6 is 11.6 Å². The second kappa shape index (κ2) is 6.80. The molecule has 96 valence electrons. The van der Waals surface area contributed by atoms with Crippen LogP contribution in [0.2, 0.25) is 0 Å². The Morgan fingerprint density at radius 1 is 1.35 bits per heavy atom. The van der Waals surface area contributed by atoms with Gasteiger partial charge in [-0.2, -0.15) is 0 Å². The lowest BCUT2D eigenvalue weighted by atomic mass is 9.90. The van der Waals surface area contributed by atoms with Gasteiger partial charge < -0.3 is 5.32 Å². The number of hydrogen-bond donors (Lipinski definition) is 1. The normalized spacial score (nSPS) is 11.5. The van der Waals surface area contributed by atoms with Gasteiger partial charge in [0.05, 0.1) is 0 Å². The minimum atomic E-state index is 0.192. The van der Waals surface area contributed by atoms with E-state index in [1.54, 1.807) is 6.33 Å². The molecule has 1 heterocycles. The molecule has 0 unspecified atom stereocenters. The van der Waals surface area contributed by atoms with E-state index in [4.69, 9.17) is 11.6 Å². The third-order valence-electron chi connectivity index (χ3n) is 2.75. The van der Waals surface area contributed by atoms with Gasteiger partial charge in [-0.05, 0) is 18.3 Å². The summed E-state index contributed by atoms with van der Waals surface area (Å²) in [5, 5.41) is 3.36. The fraction of sp³-hybridized carbons (Fsp3) is 0.692. The molecular weight excluding hydrogens is 234 g/mol. The molecule has 1 aromatic rings. The van der Waals surface area contributed by atoms with Crippen molar-refractivity contribution < 1.29 is 0 Å². The number of halogens is 1. The highest BCUT2D eigenvalue weighted by Crippen LogP contribution is 2.21. The molecule has 0 atom stereocenters. The van der Waals surface area contributed by atoms with E-state index < -0.39 is 0 Å². The van der Waals surface area contributed by atoms with Crippen LogP contribution in [0.25, 0.3) is 0 Å². The van der Waals surface area contributed by atoms with E-state index in [9.17, 15) is 0 Å². The van der Waals surface area contributed by atoms with Gasteiger partial charge in [-0.15, -0.1) is 11.6 Å². The Balaban J connectivity index is 2.53. The number of hydrogen-bond acceptors (Lipinski definition) is 3. The standard InChI is InChI=1S/C13H22ClN3/c1-4-5-11-8-12(17-10-16-11)15-9-13(2,3)6-7-14/h8,10H,4-7,9H2,1-3H3,(H,15,16,17). The summed E-state index contributed by atoms with van der Waals surface area (Å²) in [4.78, 5) is 8.47. The Labute approximate surface area is 109 Å². The summed E-state index contributed by atoms with van der Waals surface area (Å²) in [6, 6.07) is 2.03. The molecular formula is C13H22ClN3. The van der Waals surface area contributed by atoms with Gasteiger partial charge in [0, 0.05) is 24.2 Å². The van der Waals surface area contributed by atoms with E-state index in [1.807, 2.05) is 6.07 Å². The highest BCUT2D eigenvalue weighted by Gasteiger charge is 2.16. The zero-order valence-corrected chi connectivity index (χ0v) is 11.7. The molecule has 0 bridgehead atoms. The third kappa shape index (κ3) is 5.35. The highest BCUT2D eigenvalue weighted by molar-refractivity contribution is 6.17. The maximum absolute atomic E-state index is 5.78. The first-order valence-electron chi connectivity index (χ1n) is 6.18. The van der Waals surface area contributed by atoms with Crippen LogP contribution in [-0.2, 0) is 6.42 Å². The molecule has 0 fully saturated rings. The van der Waals surface area contributed by atoms with Crippen LogP contribution in [0.1, 0.15) is 39.3 Å². The molecule has 0 saturated heterocycles. The Kier molecular flexibility index (Phi) is 5.69. The SMILES string of the molecule is CCCc1cc(NCC(C)(C)CCCl)ncn1. The average molecular weight is 256 g/mol. The second-order valence-electron chi connectivity index (χ2n) is 5.10. The molecule has 0 radical (unpaired) electrons. The van der Waals surface area contributed by atoms with Crippen molar-refractivity contribution in [3.63, 3.8) is 0 Å². The maximum Gasteiger partial charge on any atom is 0.129 e. The summed E-state index contributed by atoms with van der Waals surface area (Å²) in [7, 11) is 0. The van der Waals surface area contributed by atoms with Crippen LogP contribution in [0.15, 0.2) is 12.4 Å². The molecule has 1 rings (SSSR count). The van der Waals surface area contributed by atoms with E-state index in [0.29, 0.717) is 5.88 Å². The van der Waals surface area contributed by atoms with Gasteiger partial charge in [0.2, 0.25) is 0 Å².